The van der Waals surface area contributed by atoms with Gasteiger partial charge in [-0.15, -0.1) is 0 Å². The average Bonchev–Trinajstić information content (AvgIpc) is 2.35. The molecule has 1 N–H and O–H groups in total. The topological polar surface area (TPSA) is 90.9 Å². The summed E-state index contributed by atoms with van der Waals surface area (Å²) in [4.78, 5) is 33.3. The standard InChI is InChI=1S/C11H17NO6/c1-8(11(15)17-3)6-10(14)18-7-9(13)12-4-5-16-2/h6H,4-5,7H2,1-3H3,(H,12,13)/b8-6+. The summed E-state index contributed by atoms with van der Waals surface area (Å²) in [6.45, 7) is 1.71. The summed E-state index contributed by atoms with van der Waals surface area (Å²) in [5.41, 5.74) is 0.0993. The second-order valence-electron chi connectivity index (χ2n) is 3.27. The Labute approximate surface area is 105 Å². The van der Waals surface area contributed by atoms with E-state index in [1.165, 1.54) is 21.1 Å². The molecule has 1 amide bonds. The molecule has 102 valence electrons. The van der Waals surface area contributed by atoms with Crippen molar-refractivity contribution in [3.05, 3.63) is 11.6 Å². The lowest BCUT2D eigenvalue weighted by atomic mass is 10.3. The molecule has 0 spiro atoms. The molecule has 0 bridgehead atoms. The van der Waals surface area contributed by atoms with Crippen LogP contribution in [-0.2, 0) is 28.6 Å². The number of methoxy groups -OCH3 is 2. The first kappa shape index (κ1) is 16.1. The molecular weight excluding hydrogens is 242 g/mol. The summed E-state index contributed by atoms with van der Waals surface area (Å²) in [7, 11) is 2.71. The molecule has 7 heteroatoms. The van der Waals surface area contributed by atoms with Crippen molar-refractivity contribution in [2.45, 2.75) is 6.92 Å². The van der Waals surface area contributed by atoms with Crippen LogP contribution in [0.25, 0.3) is 0 Å². The van der Waals surface area contributed by atoms with Gasteiger partial charge in [-0.05, 0) is 6.92 Å². The first-order valence-electron chi connectivity index (χ1n) is 5.20. The second kappa shape index (κ2) is 9.17. The van der Waals surface area contributed by atoms with Crippen molar-refractivity contribution in [1.82, 2.24) is 5.32 Å². The zero-order chi connectivity index (χ0) is 14.0. The zero-order valence-corrected chi connectivity index (χ0v) is 10.6. The lowest BCUT2D eigenvalue weighted by Crippen LogP contribution is -2.31. The van der Waals surface area contributed by atoms with Crippen molar-refractivity contribution < 1.29 is 28.6 Å². The van der Waals surface area contributed by atoms with Crippen LogP contribution in [0.2, 0.25) is 0 Å². The third kappa shape index (κ3) is 7.39. The highest BCUT2D eigenvalue weighted by molar-refractivity contribution is 5.96. The Morgan fingerprint density at radius 2 is 1.89 bits per heavy atom. The fourth-order valence-electron chi connectivity index (χ4n) is 0.919. The Hall–Kier alpha value is -1.89. The smallest absolute Gasteiger partial charge is 0.333 e. The van der Waals surface area contributed by atoms with Gasteiger partial charge in [0.1, 0.15) is 0 Å². The van der Waals surface area contributed by atoms with Gasteiger partial charge in [0.05, 0.1) is 13.7 Å². The number of carbonyl (C=O) groups is 3. The van der Waals surface area contributed by atoms with Crippen molar-refractivity contribution in [3.63, 3.8) is 0 Å². The van der Waals surface area contributed by atoms with Crippen molar-refractivity contribution >= 4 is 17.8 Å². The van der Waals surface area contributed by atoms with Gasteiger partial charge in [0.2, 0.25) is 0 Å². The molecule has 7 nitrogen and oxygen atoms in total. The van der Waals surface area contributed by atoms with E-state index in [1.807, 2.05) is 0 Å². The van der Waals surface area contributed by atoms with E-state index in [0.717, 1.165) is 6.08 Å². The summed E-state index contributed by atoms with van der Waals surface area (Å²) in [6.07, 6.45) is 0.967. The van der Waals surface area contributed by atoms with Crippen LogP contribution in [0.15, 0.2) is 11.6 Å². The number of rotatable bonds is 7. The van der Waals surface area contributed by atoms with E-state index in [-0.39, 0.29) is 5.57 Å². The fraction of sp³-hybridized carbons (Fsp3) is 0.545. The van der Waals surface area contributed by atoms with Crippen LogP contribution in [0, 0.1) is 0 Å². The normalized spacial score (nSPS) is 10.7. The second-order valence-corrected chi connectivity index (χ2v) is 3.27. The van der Waals surface area contributed by atoms with Crippen molar-refractivity contribution in [2.75, 3.05) is 34.0 Å². The van der Waals surface area contributed by atoms with E-state index < -0.39 is 24.5 Å². The van der Waals surface area contributed by atoms with Crippen LogP contribution in [0.1, 0.15) is 6.92 Å². The summed E-state index contributed by atoms with van der Waals surface area (Å²) in [5.74, 6) is -1.85. The fourth-order valence-corrected chi connectivity index (χ4v) is 0.919. The van der Waals surface area contributed by atoms with E-state index in [9.17, 15) is 14.4 Å². The first-order chi connectivity index (χ1) is 8.51. The number of nitrogens with one attached hydrogen (secondary N) is 1. The van der Waals surface area contributed by atoms with Crippen LogP contribution in [0.5, 0.6) is 0 Å². The minimum Gasteiger partial charge on any atom is -0.466 e. The van der Waals surface area contributed by atoms with Gasteiger partial charge in [0.25, 0.3) is 5.91 Å². The minimum absolute atomic E-state index is 0.0993. The van der Waals surface area contributed by atoms with Crippen LogP contribution in [0.3, 0.4) is 0 Å². The van der Waals surface area contributed by atoms with E-state index in [1.54, 1.807) is 0 Å². The highest BCUT2D eigenvalue weighted by Gasteiger charge is 2.09. The third-order valence-electron chi connectivity index (χ3n) is 1.82. The van der Waals surface area contributed by atoms with Crippen LogP contribution < -0.4 is 5.32 Å². The van der Waals surface area contributed by atoms with Gasteiger partial charge in [-0.1, -0.05) is 0 Å². The van der Waals surface area contributed by atoms with E-state index in [2.05, 4.69) is 14.8 Å². The van der Waals surface area contributed by atoms with Gasteiger partial charge in [-0.25, -0.2) is 9.59 Å². The highest BCUT2D eigenvalue weighted by atomic mass is 16.5. The third-order valence-corrected chi connectivity index (χ3v) is 1.82. The van der Waals surface area contributed by atoms with Crippen LogP contribution in [-0.4, -0.2) is 51.8 Å². The SMILES string of the molecule is COCCNC(=O)COC(=O)/C=C(\C)C(=O)OC. The molecule has 0 aliphatic heterocycles. The highest BCUT2D eigenvalue weighted by Crippen LogP contribution is 1.96. The van der Waals surface area contributed by atoms with Gasteiger partial charge in [-0.2, -0.15) is 0 Å². The molecular formula is C11H17NO6. The van der Waals surface area contributed by atoms with Gasteiger partial charge < -0.3 is 19.5 Å². The number of ether oxygens (including phenoxy) is 3. The number of hydrogen-bond donors (Lipinski definition) is 1. The molecule has 0 rings (SSSR count). The van der Waals surface area contributed by atoms with E-state index in [0.29, 0.717) is 13.2 Å². The maximum absolute atomic E-state index is 11.2. The molecule has 0 saturated heterocycles. The maximum atomic E-state index is 11.2. The number of hydrogen-bond acceptors (Lipinski definition) is 6. The maximum Gasteiger partial charge on any atom is 0.333 e. The molecule has 0 aromatic rings. The first-order valence-corrected chi connectivity index (χ1v) is 5.20. The summed E-state index contributed by atoms with van der Waals surface area (Å²) < 4.78 is 13.7. The van der Waals surface area contributed by atoms with Gasteiger partial charge in [-0.3, -0.25) is 4.79 Å². The van der Waals surface area contributed by atoms with Gasteiger partial charge >= 0.3 is 11.9 Å². The molecule has 0 aliphatic carbocycles. The molecule has 0 heterocycles. The number of esters is 2. The molecule has 0 aromatic carbocycles. The molecule has 0 saturated carbocycles. The predicted octanol–water partition coefficient (Wildman–Crippen LogP) is -0.588. The largest absolute Gasteiger partial charge is 0.466 e. The molecule has 0 aromatic heterocycles. The van der Waals surface area contributed by atoms with E-state index in [4.69, 9.17) is 4.74 Å². The molecule has 0 atom stereocenters. The molecule has 0 unspecified atom stereocenters. The molecule has 0 fully saturated rings. The van der Waals surface area contributed by atoms with E-state index >= 15 is 0 Å². The monoisotopic (exact) mass is 259 g/mol. The Kier molecular flexibility index (Phi) is 8.21. The van der Waals surface area contributed by atoms with Gasteiger partial charge in [0, 0.05) is 25.3 Å². The average molecular weight is 259 g/mol. The van der Waals surface area contributed by atoms with Crippen LogP contribution >= 0.6 is 0 Å². The minimum atomic E-state index is -0.778. The Morgan fingerprint density at radius 1 is 1.22 bits per heavy atom. The number of carbonyl (C=O) groups excluding carboxylic acids is 3. The summed E-state index contributed by atoms with van der Waals surface area (Å²) >= 11 is 0. The van der Waals surface area contributed by atoms with Crippen molar-refractivity contribution in [3.8, 4) is 0 Å². The molecule has 0 radical (unpaired) electrons. The summed E-state index contributed by atoms with van der Waals surface area (Å²) in [6, 6.07) is 0. The van der Waals surface area contributed by atoms with Crippen LogP contribution in [0.4, 0.5) is 0 Å². The Bertz CT molecular complexity index is 336. The molecule has 18 heavy (non-hydrogen) atoms. The lowest BCUT2D eigenvalue weighted by Gasteiger charge is -2.04. The predicted molar refractivity (Wildman–Crippen MR) is 61.6 cm³/mol. The van der Waals surface area contributed by atoms with Crippen molar-refractivity contribution in [1.29, 1.82) is 0 Å². The van der Waals surface area contributed by atoms with Crippen molar-refractivity contribution in [2.24, 2.45) is 0 Å². The number of amides is 1. The Morgan fingerprint density at radius 3 is 2.44 bits per heavy atom. The zero-order valence-electron chi connectivity index (χ0n) is 10.6. The lowest BCUT2D eigenvalue weighted by molar-refractivity contribution is -0.144. The molecule has 0 aliphatic rings. The quantitative estimate of drug-likeness (QED) is 0.373. The van der Waals surface area contributed by atoms with Gasteiger partial charge in [0.15, 0.2) is 6.61 Å². The summed E-state index contributed by atoms with van der Waals surface area (Å²) in [5, 5.41) is 2.47. The Balaban J connectivity index is 3.96.